The molecule has 6 N–H and O–H groups in total. The van der Waals surface area contributed by atoms with Crippen LogP contribution in [-0.4, -0.2) is 75.9 Å². The van der Waals surface area contributed by atoms with Gasteiger partial charge in [0.2, 0.25) is 17.7 Å². The molecule has 3 amide bonds. The van der Waals surface area contributed by atoms with Gasteiger partial charge < -0.3 is 31.5 Å². The molecule has 0 spiro atoms. The van der Waals surface area contributed by atoms with E-state index in [1.165, 1.54) is 57.8 Å². The first-order valence-corrected chi connectivity index (χ1v) is 20.0. The van der Waals surface area contributed by atoms with E-state index in [-0.39, 0.29) is 61.3 Å². The monoisotopic (exact) mass is 739 g/mol. The van der Waals surface area contributed by atoms with Crippen molar-refractivity contribution in [3.63, 3.8) is 0 Å². The molecule has 0 aliphatic carbocycles. The maximum absolute atomic E-state index is 12.9. The minimum Gasteiger partial charge on any atom is -0.480 e. The minimum atomic E-state index is -1.32. The SMILES string of the molecule is CCCCCCCCCCCCCCCC(=O)N[C@H](CCC(=O)N[C@H](CCC(=O)NCCCC[C@@H](NC(C)(C)C)C(=O)C(C)(C)C)C(=O)O)C(=O)O. The molecule has 0 aromatic heterocycles. The van der Waals surface area contributed by atoms with Gasteiger partial charge in [-0.25, -0.2) is 9.59 Å². The number of hydrogen-bond donors (Lipinski definition) is 6. The maximum atomic E-state index is 12.9. The van der Waals surface area contributed by atoms with Crippen LogP contribution in [0.5, 0.6) is 0 Å². The van der Waals surface area contributed by atoms with Crippen LogP contribution in [0.2, 0.25) is 0 Å². The highest BCUT2D eigenvalue weighted by molar-refractivity contribution is 5.89. The van der Waals surface area contributed by atoms with Crippen molar-refractivity contribution >= 4 is 35.4 Å². The lowest BCUT2D eigenvalue weighted by molar-refractivity contribution is -0.143. The van der Waals surface area contributed by atoms with Crippen molar-refractivity contribution in [2.24, 2.45) is 5.41 Å². The number of carboxylic acid groups (broad SMARTS) is 2. The van der Waals surface area contributed by atoms with Gasteiger partial charge in [0.1, 0.15) is 12.1 Å². The topological polar surface area (TPSA) is 191 Å². The molecule has 0 rings (SSSR count). The van der Waals surface area contributed by atoms with Gasteiger partial charge in [-0.05, 0) is 59.3 Å². The van der Waals surface area contributed by atoms with Crippen LogP contribution in [0.4, 0.5) is 0 Å². The molecule has 0 saturated carbocycles. The molecule has 0 radical (unpaired) electrons. The van der Waals surface area contributed by atoms with Gasteiger partial charge in [0, 0.05) is 36.8 Å². The van der Waals surface area contributed by atoms with Gasteiger partial charge in [0.05, 0.1) is 6.04 Å². The van der Waals surface area contributed by atoms with E-state index in [1.807, 2.05) is 41.5 Å². The highest BCUT2D eigenvalue weighted by Crippen LogP contribution is 2.21. The van der Waals surface area contributed by atoms with Gasteiger partial charge in [-0.2, -0.15) is 0 Å². The lowest BCUT2D eigenvalue weighted by Crippen LogP contribution is -2.50. The predicted molar refractivity (Wildman–Crippen MR) is 206 cm³/mol. The quantitative estimate of drug-likeness (QED) is 0.0414. The molecule has 12 nitrogen and oxygen atoms in total. The van der Waals surface area contributed by atoms with E-state index >= 15 is 0 Å². The summed E-state index contributed by atoms with van der Waals surface area (Å²) in [5.41, 5.74) is -0.707. The minimum absolute atomic E-state index is 0.124. The molecule has 0 saturated heterocycles. The summed E-state index contributed by atoms with van der Waals surface area (Å²) in [6.45, 7) is 14.3. The summed E-state index contributed by atoms with van der Waals surface area (Å²) >= 11 is 0. The van der Waals surface area contributed by atoms with Crippen LogP contribution in [-0.2, 0) is 28.8 Å². The lowest BCUT2D eigenvalue weighted by Gasteiger charge is -2.31. The van der Waals surface area contributed by atoms with Crippen molar-refractivity contribution in [2.45, 2.75) is 207 Å². The van der Waals surface area contributed by atoms with Crippen molar-refractivity contribution in [3.05, 3.63) is 0 Å². The molecule has 12 heteroatoms. The van der Waals surface area contributed by atoms with Crippen molar-refractivity contribution in [2.75, 3.05) is 6.54 Å². The normalized spacial score (nSPS) is 13.5. The zero-order valence-corrected chi connectivity index (χ0v) is 33.6. The van der Waals surface area contributed by atoms with Crippen LogP contribution in [0.1, 0.15) is 183 Å². The van der Waals surface area contributed by atoms with Gasteiger partial charge in [0.15, 0.2) is 5.78 Å². The van der Waals surface area contributed by atoms with Crippen molar-refractivity contribution in [3.8, 4) is 0 Å². The lowest BCUT2D eigenvalue weighted by atomic mass is 9.84. The van der Waals surface area contributed by atoms with E-state index in [2.05, 4.69) is 28.2 Å². The third kappa shape index (κ3) is 26.7. The number of Topliss-reactive ketones (excluding diaryl/α,β-unsaturated/α-hetero) is 1. The van der Waals surface area contributed by atoms with Crippen LogP contribution >= 0.6 is 0 Å². The second kappa shape index (κ2) is 27.6. The highest BCUT2D eigenvalue weighted by atomic mass is 16.4. The van der Waals surface area contributed by atoms with Gasteiger partial charge >= 0.3 is 11.9 Å². The Hall–Kier alpha value is -3.02. The molecule has 0 aromatic carbocycles. The number of carboxylic acids is 2. The largest absolute Gasteiger partial charge is 0.480 e. The second-order valence-corrected chi connectivity index (χ2v) is 16.4. The number of unbranched alkanes of at least 4 members (excludes halogenated alkanes) is 13. The maximum Gasteiger partial charge on any atom is 0.326 e. The Balaban J connectivity index is 4.39. The van der Waals surface area contributed by atoms with E-state index in [0.29, 0.717) is 32.2 Å². The van der Waals surface area contributed by atoms with Crippen LogP contribution in [0.25, 0.3) is 0 Å². The van der Waals surface area contributed by atoms with E-state index in [0.717, 1.165) is 19.3 Å². The van der Waals surface area contributed by atoms with Crippen molar-refractivity contribution in [1.82, 2.24) is 21.3 Å². The molecule has 0 bridgehead atoms. The Kier molecular flexibility index (Phi) is 26.0. The number of aliphatic carboxylic acids is 2. The molecule has 0 heterocycles. The number of rotatable bonds is 31. The summed E-state index contributed by atoms with van der Waals surface area (Å²) in [6.07, 6.45) is 16.8. The van der Waals surface area contributed by atoms with Gasteiger partial charge in [-0.3, -0.25) is 19.2 Å². The molecule has 302 valence electrons. The average Bonchev–Trinajstić information content (AvgIpc) is 3.04. The van der Waals surface area contributed by atoms with Crippen molar-refractivity contribution in [1.29, 1.82) is 0 Å². The Morgan fingerprint density at radius 3 is 1.35 bits per heavy atom. The Labute approximate surface area is 314 Å². The van der Waals surface area contributed by atoms with E-state index in [1.54, 1.807) is 0 Å². The van der Waals surface area contributed by atoms with Gasteiger partial charge in [-0.15, -0.1) is 0 Å². The zero-order valence-electron chi connectivity index (χ0n) is 33.6. The number of nitrogens with one attached hydrogen (secondary N) is 4. The molecular formula is C40H74N4O8. The second-order valence-electron chi connectivity index (χ2n) is 16.4. The summed E-state index contributed by atoms with van der Waals surface area (Å²) in [5, 5.41) is 30.2. The highest BCUT2D eigenvalue weighted by Gasteiger charge is 2.31. The summed E-state index contributed by atoms with van der Waals surface area (Å²) in [5.74, 6) is -3.84. The standard InChI is InChI=1S/C40H74N4O8/c1-8-9-10-11-12-13-14-15-16-17-18-19-20-24-34(46)42-32(38(51)52)26-28-35(47)43-31(37(49)50)25-27-33(45)41-29-22-21-23-30(44-40(5,6)7)36(48)39(2,3)4/h30-32,44H,8-29H2,1-7H3,(H,41,45)(H,42,46)(H,43,47)(H,49,50)(H,51,52)/t30-,31-,32-/m1/s1. The van der Waals surface area contributed by atoms with E-state index in [4.69, 9.17) is 0 Å². The number of carbonyl (C=O) groups is 6. The Morgan fingerprint density at radius 1 is 0.500 bits per heavy atom. The van der Waals surface area contributed by atoms with Crippen LogP contribution in [0, 0.1) is 5.41 Å². The molecule has 0 aliphatic heterocycles. The van der Waals surface area contributed by atoms with E-state index < -0.39 is 35.3 Å². The van der Waals surface area contributed by atoms with Gasteiger partial charge in [0.25, 0.3) is 0 Å². The first-order valence-electron chi connectivity index (χ1n) is 20.0. The molecule has 0 aliphatic rings. The molecule has 0 fully saturated rings. The number of carbonyl (C=O) groups excluding carboxylic acids is 4. The van der Waals surface area contributed by atoms with Crippen LogP contribution in [0.3, 0.4) is 0 Å². The van der Waals surface area contributed by atoms with E-state index in [9.17, 15) is 39.0 Å². The van der Waals surface area contributed by atoms with Crippen LogP contribution in [0.15, 0.2) is 0 Å². The number of amides is 3. The summed E-state index contributed by atoms with van der Waals surface area (Å²) in [4.78, 5) is 73.7. The molecule has 52 heavy (non-hydrogen) atoms. The molecule has 0 aromatic rings. The Morgan fingerprint density at radius 2 is 0.923 bits per heavy atom. The summed E-state index contributed by atoms with van der Waals surface area (Å²) in [6, 6.07) is -2.88. The first kappa shape index (κ1) is 49.0. The van der Waals surface area contributed by atoms with Crippen LogP contribution < -0.4 is 21.3 Å². The third-order valence-corrected chi connectivity index (χ3v) is 9.00. The first-order chi connectivity index (χ1) is 24.4. The smallest absolute Gasteiger partial charge is 0.326 e. The summed E-state index contributed by atoms with van der Waals surface area (Å²) < 4.78 is 0. The fourth-order valence-corrected chi connectivity index (χ4v) is 6.01. The molecule has 3 atom stereocenters. The molecule has 0 unspecified atom stereocenters. The third-order valence-electron chi connectivity index (χ3n) is 9.00. The average molecular weight is 739 g/mol. The Bertz CT molecular complexity index is 1070. The summed E-state index contributed by atoms with van der Waals surface area (Å²) in [7, 11) is 0. The van der Waals surface area contributed by atoms with Crippen molar-refractivity contribution < 1.29 is 39.0 Å². The molecular weight excluding hydrogens is 664 g/mol. The van der Waals surface area contributed by atoms with Gasteiger partial charge in [-0.1, -0.05) is 105 Å². The fraction of sp³-hybridized carbons (Fsp3) is 0.850. The number of ketones is 1. The predicted octanol–water partition coefficient (Wildman–Crippen LogP) is 6.83. The zero-order chi connectivity index (χ0) is 39.6. The number of hydrogen-bond acceptors (Lipinski definition) is 7. The fourth-order valence-electron chi connectivity index (χ4n) is 6.01.